The summed E-state index contributed by atoms with van der Waals surface area (Å²) in [5, 5.41) is 1.89. The van der Waals surface area contributed by atoms with E-state index in [9.17, 15) is 0 Å². The third-order valence-electron chi connectivity index (χ3n) is 8.70. The van der Waals surface area contributed by atoms with E-state index in [2.05, 4.69) is 114 Å². The van der Waals surface area contributed by atoms with Crippen LogP contribution in [0.15, 0.2) is 179 Å². The van der Waals surface area contributed by atoms with E-state index in [0.29, 0.717) is 11.5 Å². The third-order valence-corrected chi connectivity index (χ3v) is 8.70. The van der Waals surface area contributed by atoms with Crippen LogP contribution in [0, 0.1) is 0 Å². The molecule has 4 heteroatoms. The average molecular weight is 605 g/mol. The summed E-state index contributed by atoms with van der Waals surface area (Å²) in [4.78, 5) is 7.16. The van der Waals surface area contributed by atoms with Crippen LogP contribution >= 0.6 is 0 Å². The van der Waals surface area contributed by atoms with E-state index in [1.54, 1.807) is 0 Å². The lowest BCUT2D eigenvalue weighted by atomic mass is 9.99. The minimum absolute atomic E-state index is 0.589. The lowest BCUT2D eigenvalue weighted by Crippen LogP contribution is -2.10. The first-order chi connectivity index (χ1) is 23.3. The number of para-hydroxylation sites is 1. The highest BCUT2D eigenvalue weighted by atomic mass is 16.4. The molecule has 0 aliphatic rings. The van der Waals surface area contributed by atoms with Crippen LogP contribution in [0.4, 0.5) is 17.1 Å². The zero-order valence-electron chi connectivity index (χ0n) is 25.4. The lowest BCUT2D eigenvalue weighted by molar-refractivity contribution is 0.622. The standard InChI is InChI=1S/C43H28N2O2/c1-4-12-29(13-5-1)30-22-24-31(25-23-30)33-16-10-19-35(28-33)45(34-17-8-3-9-18-34)37-20-11-21-38-40(37)41-39(46-38)27-26-36-42(41)47-43(44-36)32-14-6-2-7-15-32/h1-28H. The van der Waals surface area contributed by atoms with Gasteiger partial charge in [0.05, 0.1) is 16.5 Å². The normalized spacial score (nSPS) is 11.4. The summed E-state index contributed by atoms with van der Waals surface area (Å²) in [6.45, 7) is 0. The van der Waals surface area contributed by atoms with Crippen molar-refractivity contribution in [3.63, 3.8) is 0 Å². The first-order valence-corrected chi connectivity index (χ1v) is 15.7. The van der Waals surface area contributed by atoms with Crippen LogP contribution in [0.5, 0.6) is 0 Å². The van der Waals surface area contributed by atoms with Crippen LogP contribution in [0.2, 0.25) is 0 Å². The molecule has 9 rings (SSSR count). The van der Waals surface area contributed by atoms with Gasteiger partial charge in [-0.2, -0.15) is 0 Å². The van der Waals surface area contributed by atoms with Crippen LogP contribution in [0.25, 0.3) is 66.7 Å². The average Bonchev–Trinajstić information content (AvgIpc) is 3.76. The Morgan fingerprint density at radius 2 is 0.979 bits per heavy atom. The summed E-state index contributed by atoms with van der Waals surface area (Å²) in [5.74, 6) is 0.589. The number of aromatic nitrogens is 1. The largest absolute Gasteiger partial charge is 0.456 e. The molecule has 0 N–H and O–H groups in total. The predicted molar refractivity (Wildman–Crippen MR) is 192 cm³/mol. The van der Waals surface area contributed by atoms with Crippen LogP contribution < -0.4 is 4.90 Å². The number of hydrogen-bond donors (Lipinski definition) is 0. The SMILES string of the molecule is c1ccc(-c2ccc(-c3cccc(N(c4ccccc4)c4cccc5oc6ccc7nc(-c8ccccc8)oc7c6c45)c3)cc2)cc1. The van der Waals surface area contributed by atoms with Crippen LogP contribution in [0.3, 0.4) is 0 Å². The molecule has 0 amide bonds. The monoisotopic (exact) mass is 604 g/mol. The molecule has 0 saturated heterocycles. The fourth-order valence-corrected chi connectivity index (χ4v) is 6.48. The Hall–Kier alpha value is -6.39. The van der Waals surface area contributed by atoms with Crippen molar-refractivity contribution in [2.24, 2.45) is 0 Å². The summed E-state index contributed by atoms with van der Waals surface area (Å²) in [6, 6.07) is 58.6. The minimum Gasteiger partial charge on any atom is -0.456 e. The highest BCUT2D eigenvalue weighted by Gasteiger charge is 2.23. The first kappa shape index (κ1) is 27.0. The van der Waals surface area contributed by atoms with Gasteiger partial charge in [-0.05, 0) is 82.9 Å². The Balaban J connectivity index is 1.22. The molecular weight excluding hydrogens is 576 g/mol. The Labute approximate surface area is 271 Å². The Kier molecular flexibility index (Phi) is 6.43. The van der Waals surface area contributed by atoms with Gasteiger partial charge in [-0.3, -0.25) is 0 Å². The van der Waals surface area contributed by atoms with Crippen molar-refractivity contribution in [3.05, 3.63) is 170 Å². The second-order valence-corrected chi connectivity index (χ2v) is 11.6. The van der Waals surface area contributed by atoms with Crippen molar-refractivity contribution in [1.82, 2.24) is 4.98 Å². The molecule has 0 saturated carbocycles. The van der Waals surface area contributed by atoms with Gasteiger partial charge in [0.15, 0.2) is 5.58 Å². The van der Waals surface area contributed by atoms with E-state index in [1.165, 1.54) is 11.1 Å². The van der Waals surface area contributed by atoms with E-state index in [-0.39, 0.29) is 0 Å². The number of fused-ring (bicyclic) bond motifs is 5. The second kappa shape index (κ2) is 11.2. The van der Waals surface area contributed by atoms with Crippen molar-refractivity contribution < 1.29 is 8.83 Å². The maximum Gasteiger partial charge on any atom is 0.227 e. The van der Waals surface area contributed by atoms with Gasteiger partial charge in [0.25, 0.3) is 0 Å². The highest BCUT2D eigenvalue weighted by Crippen LogP contribution is 2.45. The van der Waals surface area contributed by atoms with E-state index in [1.807, 2.05) is 60.7 Å². The summed E-state index contributed by atoms with van der Waals surface area (Å²) < 4.78 is 13.0. The quantitative estimate of drug-likeness (QED) is 0.189. The van der Waals surface area contributed by atoms with Crippen molar-refractivity contribution in [2.45, 2.75) is 0 Å². The predicted octanol–water partition coefficient (Wildman–Crippen LogP) is 12.2. The lowest BCUT2D eigenvalue weighted by Gasteiger charge is -2.26. The summed E-state index contributed by atoms with van der Waals surface area (Å²) in [5.41, 5.74) is 11.8. The maximum absolute atomic E-state index is 6.51. The number of anilines is 3. The van der Waals surface area contributed by atoms with Gasteiger partial charge in [0, 0.05) is 16.9 Å². The van der Waals surface area contributed by atoms with Crippen molar-refractivity contribution in [2.75, 3.05) is 4.90 Å². The van der Waals surface area contributed by atoms with Gasteiger partial charge in [-0.25, -0.2) is 4.98 Å². The van der Waals surface area contributed by atoms with Gasteiger partial charge in [0.2, 0.25) is 5.89 Å². The topological polar surface area (TPSA) is 42.4 Å². The highest BCUT2D eigenvalue weighted by molar-refractivity contribution is 6.21. The summed E-state index contributed by atoms with van der Waals surface area (Å²) in [7, 11) is 0. The van der Waals surface area contributed by atoms with Crippen molar-refractivity contribution in [3.8, 4) is 33.7 Å². The van der Waals surface area contributed by atoms with E-state index < -0.39 is 0 Å². The molecule has 2 heterocycles. The number of oxazole rings is 1. The van der Waals surface area contributed by atoms with Crippen molar-refractivity contribution >= 4 is 50.1 Å². The van der Waals surface area contributed by atoms with Crippen molar-refractivity contribution in [1.29, 1.82) is 0 Å². The van der Waals surface area contributed by atoms with E-state index in [4.69, 9.17) is 13.8 Å². The summed E-state index contributed by atoms with van der Waals surface area (Å²) in [6.07, 6.45) is 0. The summed E-state index contributed by atoms with van der Waals surface area (Å²) >= 11 is 0. The zero-order chi connectivity index (χ0) is 31.2. The number of nitrogens with zero attached hydrogens (tertiary/aromatic N) is 2. The van der Waals surface area contributed by atoms with Gasteiger partial charge in [-0.15, -0.1) is 0 Å². The zero-order valence-corrected chi connectivity index (χ0v) is 25.4. The Morgan fingerprint density at radius 3 is 1.72 bits per heavy atom. The molecule has 2 aromatic heterocycles. The number of benzene rings is 7. The molecule has 47 heavy (non-hydrogen) atoms. The second-order valence-electron chi connectivity index (χ2n) is 11.6. The molecule has 0 fully saturated rings. The van der Waals surface area contributed by atoms with Gasteiger partial charge in [0.1, 0.15) is 16.7 Å². The van der Waals surface area contributed by atoms with Crippen LogP contribution in [0.1, 0.15) is 0 Å². The van der Waals surface area contributed by atoms with E-state index >= 15 is 0 Å². The Morgan fingerprint density at radius 1 is 0.404 bits per heavy atom. The molecule has 0 atom stereocenters. The van der Waals surface area contributed by atoms with Gasteiger partial charge in [-0.1, -0.05) is 109 Å². The van der Waals surface area contributed by atoms with Gasteiger partial charge < -0.3 is 13.7 Å². The third kappa shape index (κ3) is 4.75. The molecule has 0 radical (unpaired) electrons. The van der Waals surface area contributed by atoms with E-state index in [0.717, 1.165) is 61.2 Å². The smallest absolute Gasteiger partial charge is 0.227 e. The maximum atomic E-state index is 6.51. The van der Waals surface area contributed by atoms with Crippen LogP contribution in [-0.2, 0) is 0 Å². The molecule has 0 aliphatic carbocycles. The molecule has 7 aromatic carbocycles. The minimum atomic E-state index is 0.589. The fraction of sp³-hybridized carbons (Fsp3) is 0. The molecular formula is C43H28N2O2. The van der Waals surface area contributed by atoms with Gasteiger partial charge >= 0.3 is 0 Å². The molecule has 222 valence electrons. The number of rotatable bonds is 6. The molecule has 0 aliphatic heterocycles. The molecule has 4 nitrogen and oxygen atoms in total. The molecule has 9 aromatic rings. The number of hydrogen-bond acceptors (Lipinski definition) is 4. The number of furan rings is 1. The van der Waals surface area contributed by atoms with Crippen LogP contribution in [-0.4, -0.2) is 4.98 Å². The molecule has 0 spiro atoms. The Bertz CT molecular complexity index is 2500. The molecule has 0 unspecified atom stereocenters. The fourth-order valence-electron chi connectivity index (χ4n) is 6.48. The first-order valence-electron chi connectivity index (χ1n) is 15.7. The molecule has 0 bridgehead atoms.